The lowest BCUT2D eigenvalue weighted by atomic mass is 10.1. The van der Waals surface area contributed by atoms with Crippen molar-refractivity contribution in [3.05, 3.63) is 40.3 Å². The molecule has 0 unspecified atom stereocenters. The number of H-pyrrole nitrogens is 1. The fourth-order valence-electron chi connectivity index (χ4n) is 1.59. The average molecular weight is 272 g/mol. The fourth-order valence-corrected chi connectivity index (χ4v) is 2.08. The van der Waals surface area contributed by atoms with Crippen LogP contribution in [0.15, 0.2) is 29.2 Å². The summed E-state index contributed by atoms with van der Waals surface area (Å²) >= 11 is 1.27. The van der Waals surface area contributed by atoms with E-state index in [4.69, 9.17) is 0 Å². The first kappa shape index (κ1) is 13.4. The molecule has 1 aromatic carbocycles. The average Bonchev–Trinajstić information content (AvgIpc) is 2.38. The molecule has 0 saturated carbocycles. The molecule has 0 fully saturated rings. The summed E-state index contributed by atoms with van der Waals surface area (Å²) in [5.74, 6) is 6.73. The Bertz CT molecular complexity index is 725. The third kappa shape index (κ3) is 3.70. The molecule has 0 aliphatic rings. The van der Waals surface area contributed by atoms with Gasteiger partial charge < -0.3 is 0 Å². The van der Waals surface area contributed by atoms with E-state index in [9.17, 15) is 9.59 Å². The van der Waals surface area contributed by atoms with Crippen molar-refractivity contribution in [3.63, 3.8) is 0 Å². The topological polar surface area (TPSA) is 62.8 Å². The first-order chi connectivity index (χ1) is 9.16. The number of rotatable bonds is 2. The van der Waals surface area contributed by atoms with E-state index in [1.165, 1.54) is 11.8 Å². The molecular formula is C14H12N2O2S. The molecule has 5 heteroatoms. The standard InChI is InChI=1S/C14H12N2O2S/c1-10(17)19-7-3-2-4-11-5-6-13-12(8-11)9-15-16-14(13)18/h5-6,8-9H,3,7H2,1H3,(H,16,18). The maximum atomic E-state index is 11.5. The van der Waals surface area contributed by atoms with Crippen LogP contribution in [0.1, 0.15) is 18.9 Å². The number of carbonyl (C=O) groups excluding carboxylic acids is 1. The van der Waals surface area contributed by atoms with Gasteiger partial charge in [0.25, 0.3) is 5.56 Å². The Labute approximate surface area is 114 Å². The summed E-state index contributed by atoms with van der Waals surface area (Å²) in [5, 5.41) is 7.63. The fraction of sp³-hybridized carbons (Fsp3) is 0.214. The van der Waals surface area contributed by atoms with Crippen molar-refractivity contribution in [2.75, 3.05) is 5.75 Å². The summed E-state index contributed by atoms with van der Waals surface area (Å²) in [6.07, 6.45) is 2.27. The number of thioether (sulfide) groups is 1. The molecule has 2 aromatic rings. The maximum absolute atomic E-state index is 11.5. The molecule has 0 saturated heterocycles. The SMILES string of the molecule is CC(=O)SCCC#Cc1ccc2c(=O)[nH]ncc2c1. The molecule has 1 N–H and O–H groups in total. The van der Waals surface area contributed by atoms with Gasteiger partial charge >= 0.3 is 0 Å². The van der Waals surface area contributed by atoms with Crippen LogP contribution in [-0.4, -0.2) is 21.1 Å². The minimum Gasteiger partial charge on any atom is -0.288 e. The zero-order valence-electron chi connectivity index (χ0n) is 10.4. The largest absolute Gasteiger partial charge is 0.288 e. The smallest absolute Gasteiger partial charge is 0.272 e. The monoisotopic (exact) mass is 272 g/mol. The summed E-state index contributed by atoms with van der Waals surface area (Å²) in [6, 6.07) is 5.38. The Morgan fingerprint density at radius 2 is 2.32 bits per heavy atom. The van der Waals surface area contributed by atoms with Crippen LogP contribution in [0.2, 0.25) is 0 Å². The zero-order chi connectivity index (χ0) is 13.7. The summed E-state index contributed by atoms with van der Waals surface area (Å²) in [7, 11) is 0. The van der Waals surface area contributed by atoms with Gasteiger partial charge in [-0.05, 0) is 18.2 Å². The van der Waals surface area contributed by atoms with Gasteiger partial charge in [0, 0.05) is 30.0 Å². The lowest BCUT2D eigenvalue weighted by Gasteiger charge is -1.96. The van der Waals surface area contributed by atoms with E-state index in [1.54, 1.807) is 19.2 Å². The minimum absolute atomic E-state index is 0.109. The first-order valence-electron chi connectivity index (χ1n) is 5.76. The van der Waals surface area contributed by atoms with Gasteiger partial charge in [0.1, 0.15) is 0 Å². The highest BCUT2D eigenvalue weighted by Crippen LogP contribution is 2.10. The predicted molar refractivity (Wildman–Crippen MR) is 77.0 cm³/mol. The van der Waals surface area contributed by atoms with Gasteiger partial charge in [0.15, 0.2) is 5.12 Å². The summed E-state index contributed by atoms with van der Waals surface area (Å²) < 4.78 is 0. The van der Waals surface area contributed by atoms with Crippen molar-refractivity contribution in [1.29, 1.82) is 0 Å². The van der Waals surface area contributed by atoms with Gasteiger partial charge in [0.2, 0.25) is 0 Å². The van der Waals surface area contributed by atoms with E-state index in [0.717, 1.165) is 10.9 Å². The van der Waals surface area contributed by atoms with Crippen molar-refractivity contribution < 1.29 is 4.79 Å². The van der Waals surface area contributed by atoms with E-state index in [1.807, 2.05) is 12.1 Å². The Morgan fingerprint density at radius 3 is 3.11 bits per heavy atom. The summed E-state index contributed by atoms with van der Waals surface area (Å²) in [4.78, 5) is 22.2. The Kier molecular flexibility index (Phi) is 4.37. The third-order valence-electron chi connectivity index (χ3n) is 2.43. The molecule has 0 spiro atoms. The summed E-state index contributed by atoms with van der Waals surface area (Å²) in [5.41, 5.74) is 0.641. The number of nitrogens with one attached hydrogen (secondary N) is 1. The highest BCUT2D eigenvalue weighted by atomic mass is 32.2. The van der Waals surface area contributed by atoms with Gasteiger partial charge in [-0.1, -0.05) is 23.6 Å². The number of hydrogen-bond donors (Lipinski definition) is 1. The minimum atomic E-state index is -0.199. The van der Waals surface area contributed by atoms with Gasteiger partial charge in [-0.2, -0.15) is 5.10 Å². The Morgan fingerprint density at radius 1 is 1.47 bits per heavy atom. The van der Waals surface area contributed by atoms with Crippen molar-refractivity contribution in [1.82, 2.24) is 10.2 Å². The van der Waals surface area contributed by atoms with Crippen molar-refractivity contribution in [2.24, 2.45) is 0 Å². The third-order valence-corrected chi connectivity index (χ3v) is 3.25. The zero-order valence-corrected chi connectivity index (χ0v) is 11.2. The molecule has 2 rings (SSSR count). The molecule has 19 heavy (non-hydrogen) atoms. The van der Waals surface area contributed by atoms with Crippen LogP contribution in [0.5, 0.6) is 0 Å². The van der Waals surface area contributed by atoms with Crippen LogP contribution < -0.4 is 5.56 Å². The lowest BCUT2D eigenvalue weighted by Crippen LogP contribution is -2.07. The second-order valence-electron chi connectivity index (χ2n) is 3.89. The highest BCUT2D eigenvalue weighted by molar-refractivity contribution is 8.13. The normalized spacial score (nSPS) is 9.95. The van der Waals surface area contributed by atoms with E-state index in [2.05, 4.69) is 22.0 Å². The first-order valence-corrected chi connectivity index (χ1v) is 6.75. The Hall–Kier alpha value is -2.06. The molecule has 4 nitrogen and oxygen atoms in total. The molecule has 96 valence electrons. The van der Waals surface area contributed by atoms with Crippen LogP contribution in [0.3, 0.4) is 0 Å². The number of hydrogen-bond acceptors (Lipinski definition) is 4. The van der Waals surface area contributed by atoms with Crippen LogP contribution in [0, 0.1) is 11.8 Å². The molecule has 0 bridgehead atoms. The van der Waals surface area contributed by atoms with Crippen LogP contribution in [0.25, 0.3) is 10.8 Å². The van der Waals surface area contributed by atoms with Crippen molar-refractivity contribution >= 4 is 27.6 Å². The quantitative estimate of drug-likeness (QED) is 0.670. The van der Waals surface area contributed by atoms with Gasteiger partial charge in [-0.15, -0.1) is 0 Å². The molecule has 1 aromatic heterocycles. The number of aromatic amines is 1. The lowest BCUT2D eigenvalue weighted by molar-refractivity contribution is -0.109. The molecule has 1 heterocycles. The van der Waals surface area contributed by atoms with Crippen molar-refractivity contribution in [3.8, 4) is 11.8 Å². The van der Waals surface area contributed by atoms with Crippen LogP contribution in [0.4, 0.5) is 0 Å². The number of carbonyl (C=O) groups is 1. The van der Waals surface area contributed by atoms with Crippen LogP contribution >= 0.6 is 11.8 Å². The van der Waals surface area contributed by atoms with Crippen molar-refractivity contribution in [2.45, 2.75) is 13.3 Å². The molecule has 0 radical (unpaired) electrons. The number of fused-ring (bicyclic) bond motifs is 1. The second-order valence-corrected chi connectivity index (χ2v) is 5.16. The second kappa shape index (κ2) is 6.21. The number of benzene rings is 1. The van der Waals surface area contributed by atoms with Gasteiger partial charge in [-0.25, -0.2) is 5.10 Å². The van der Waals surface area contributed by atoms with Gasteiger partial charge in [0.05, 0.1) is 11.6 Å². The number of nitrogens with zero attached hydrogens (tertiary/aromatic N) is 1. The number of aromatic nitrogens is 2. The van der Waals surface area contributed by atoms with Crippen LogP contribution in [-0.2, 0) is 4.79 Å². The van der Waals surface area contributed by atoms with E-state index in [0.29, 0.717) is 17.6 Å². The predicted octanol–water partition coefficient (Wildman–Crippen LogP) is 1.94. The Balaban J connectivity index is 2.12. The molecule has 0 aliphatic heterocycles. The highest BCUT2D eigenvalue weighted by Gasteiger charge is 1.98. The molecule has 0 amide bonds. The van der Waals surface area contributed by atoms with Gasteiger partial charge in [-0.3, -0.25) is 9.59 Å². The maximum Gasteiger partial charge on any atom is 0.272 e. The molecule has 0 aliphatic carbocycles. The molecular weight excluding hydrogens is 260 g/mol. The molecule has 0 atom stereocenters. The van der Waals surface area contributed by atoms with E-state index in [-0.39, 0.29) is 10.7 Å². The van der Waals surface area contributed by atoms with E-state index >= 15 is 0 Å². The van der Waals surface area contributed by atoms with E-state index < -0.39 is 0 Å². The summed E-state index contributed by atoms with van der Waals surface area (Å²) in [6.45, 7) is 1.55.